The molecule has 1 atom stereocenters. The van der Waals surface area contributed by atoms with Crippen LogP contribution in [-0.2, 0) is 14.6 Å². The van der Waals surface area contributed by atoms with E-state index >= 15 is 0 Å². The summed E-state index contributed by atoms with van der Waals surface area (Å²) in [6, 6.07) is -0.875. The van der Waals surface area contributed by atoms with Gasteiger partial charge in [-0.05, 0) is 12.8 Å². The Balaban J connectivity index is 3.53. The number of carbonyl (C=O) groups is 1. The molecule has 0 aliphatic carbocycles. The summed E-state index contributed by atoms with van der Waals surface area (Å²) in [6.45, 7) is 0. The Hall–Kier alpha value is -0.620. The topological polar surface area (TPSA) is 97.5 Å². The van der Waals surface area contributed by atoms with E-state index < -0.39 is 21.8 Å². The lowest BCUT2D eigenvalue weighted by atomic mass is 10.1. The minimum absolute atomic E-state index is 0.0966. The molecule has 0 bridgehead atoms. The van der Waals surface area contributed by atoms with Crippen molar-refractivity contribution in [2.24, 2.45) is 5.73 Å². The van der Waals surface area contributed by atoms with E-state index in [9.17, 15) is 13.2 Å². The number of hydrogen-bond acceptors (Lipinski definition) is 4. The summed E-state index contributed by atoms with van der Waals surface area (Å²) in [5.74, 6) is -0.946. The first-order chi connectivity index (χ1) is 5.83. The molecule has 5 nitrogen and oxygen atoms in total. The van der Waals surface area contributed by atoms with Crippen LogP contribution < -0.4 is 5.73 Å². The molecule has 0 aromatic heterocycles. The van der Waals surface area contributed by atoms with Crippen molar-refractivity contribution in [1.29, 1.82) is 0 Å². The predicted molar refractivity (Wildman–Crippen MR) is 49.2 cm³/mol. The summed E-state index contributed by atoms with van der Waals surface area (Å²) < 4.78 is 21.3. The van der Waals surface area contributed by atoms with Crippen LogP contribution in [0.2, 0.25) is 0 Å². The maximum Gasteiger partial charge on any atom is 0.320 e. The number of rotatable bonds is 6. The van der Waals surface area contributed by atoms with Crippen molar-refractivity contribution in [3.63, 3.8) is 0 Å². The largest absolute Gasteiger partial charge is 0.480 e. The first kappa shape index (κ1) is 12.4. The fraction of sp³-hybridized carbons (Fsp3) is 0.857. The third kappa shape index (κ3) is 7.73. The van der Waals surface area contributed by atoms with Crippen molar-refractivity contribution < 1.29 is 18.3 Å². The van der Waals surface area contributed by atoms with Crippen molar-refractivity contribution in [2.75, 3.05) is 12.0 Å². The van der Waals surface area contributed by atoms with Crippen molar-refractivity contribution in [2.45, 2.75) is 25.3 Å². The maximum atomic E-state index is 10.7. The van der Waals surface area contributed by atoms with Crippen LogP contribution in [0, 0.1) is 0 Å². The zero-order valence-corrected chi connectivity index (χ0v) is 8.38. The lowest BCUT2D eigenvalue weighted by molar-refractivity contribution is -0.138. The first-order valence-corrected chi connectivity index (χ1v) is 6.05. The second-order valence-electron chi connectivity index (χ2n) is 3.07. The van der Waals surface area contributed by atoms with Gasteiger partial charge in [-0.3, -0.25) is 4.79 Å². The molecule has 0 fully saturated rings. The van der Waals surface area contributed by atoms with E-state index in [1.54, 1.807) is 0 Å². The van der Waals surface area contributed by atoms with Gasteiger partial charge in [0.2, 0.25) is 0 Å². The van der Waals surface area contributed by atoms with Gasteiger partial charge in [-0.15, -0.1) is 0 Å². The third-order valence-corrected chi connectivity index (χ3v) is 2.63. The molecule has 0 rings (SSSR count). The van der Waals surface area contributed by atoms with Crippen molar-refractivity contribution in [3.8, 4) is 0 Å². The number of sulfone groups is 1. The highest BCUT2D eigenvalue weighted by Gasteiger charge is 2.10. The third-order valence-electron chi connectivity index (χ3n) is 1.60. The number of carboxylic acids is 1. The molecule has 6 heteroatoms. The number of nitrogens with two attached hydrogens (primary N) is 1. The highest BCUT2D eigenvalue weighted by Crippen LogP contribution is 2.01. The molecule has 0 saturated carbocycles. The smallest absolute Gasteiger partial charge is 0.320 e. The van der Waals surface area contributed by atoms with Crippen LogP contribution in [0.5, 0.6) is 0 Å². The monoisotopic (exact) mass is 209 g/mol. The summed E-state index contributed by atoms with van der Waals surface area (Å²) in [5.41, 5.74) is 5.22. The summed E-state index contributed by atoms with van der Waals surface area (Å²) in [6.07, 6.45) is 2.48. The standard InChI is InChI=1S/C7H15NO4S/c1-13(11,12)5-3-2-4-6(8)7(9)10/h6H,2-5,8H2,1H3,(H,9,10)/t6-/m1/s1. The SMILES string of the molecule is CS(=O)(=O)CCCC[C@@H](N)C(=O)O. The molecule has 0 aromatic rings. The van der Waals surface area contributed by atoms with E-state index in [2.05, 4.69) is 0 Å². The van der Waals surface area contributed by atoms with E-state index in [0.717, 1.165) is 6.26 Å². The summed E-state index contributed by atoms with van der Waals surface area (Å²) in [5, 5.41) is 8.40. The number of hydrogen-bond donors (Lipinski definition) is 2. The second-order valence-corrected chi connectivity index (χ2v) is 5.33. The number of aliphatic carboxylic acids is 1. The number of carboxylic acid groups (broad SMARTS) is 1. The summed E-state index contributed by atoms with van der Waals surface area (Å²) in [4.78, 5) is 10.2. The fourth-order valence-corrected chi connectivity index (χ4v) is 1.58. The predicted octanol–water partition coefficient (Wildman–Crippen LogP) is -0.387. The van der Waals surface area contributed by atoms with E-state index in [4.69, 9.17) is 10.8 Å². The zero-order chi connectivity index (χ0) is 10.5. The van der Waals surface area contributed by atoms with Gasteiger partial charge < -0.3 is 10.8 Å². The van der Waals surface area contributed by atoms with Crippen LogP contribution in [0.3, 0.4) is 0 Å². The van der Waals surface area contributed by atoms with E-state index in [0.29, 0.717) is 19.3 Å². The van der Waals surface area contributed by atoms with Gasteiger partial charge >= 0.3 is 5.97 Å². The Kier molecular flexibility index (Phi) is 4.94. The number of unbranched alkanes of at least 4 members (excludes halogenated alkanes) is 1. The molecule has 0 aliphatic rings. The van der Waals surface area contributed by atoms with Gasteiger partial charge in [0.15, 0.2) is 0 Å². The lowest BCUT2D eigenvalue weighted by Crippen LogP contribution is -2.29. The Morgan fingerprint density at radius 2 is 2.00 bits per heavy atom. The summed E-state index contributed by atoms with van der Waals surface area (Å²) >= 11 is 0. The van der Waals surface area contributed by atoms with Crippen LogP contribution >= 0.6 is 0 Å². The van der Waals surface area contributed by atoms with Crippen LogP contribution in [-0.4, -0.2) is 37.5 Å². The average Bonchev–Trinajstić information content (AvgIpc) is 1.95. The van der Waals surface area contributed by atoms with E-state index in [-0.39, 0.29) is 5.75 Å². The summed E-state index contributed by atoms with van der Waals surface area (Å²) in [7, 11) is -2.93. The Morgan fingerprint density at radius 1 is 1.46 bits per heavy atom. The van der Waals surface area contributed by atoms with Gasteiger partial charge in [-0.25, -0.2) is 8.42 Å². The molecule has 13 heavy (non-hydrogen) atoms. The van der Waals surface area contributed by atoms with Crippen molar-refractivity contribution >= 4 is 15.8 Å². The molecule has 0 heterocycles. The molecule has 3 N–H and O–H groups in total. The quantitative estimate of drug-likeness (QED) is 0.581. The molecule has 0 spiro atoms. The normalized spacial score (nSPS) is 14.0. The van der Waals surface area contributed by atoms with Gasteiger partial charge in [0, 0.05) is 12.0 Å². The van der Waals surface area contributed by atoms with Crippen LogP contribution in [0.15, 0.2) is 0 Å². The fourth-order valence-electron chi connectivity index (χ4n) is 0.852. The molecule has 0 unspecified atom stereocenters. The molecule has 0 amide bonds. The Labute approximate surface area is 77.8 Å². The first-order valence-electron chi connectivity index (χ1n) is 3.99. The van der Waals surface area contributed by atoms with E-state index in [1.807, 2.05) is 0 Å². The molecular weight excluding hydrogens is 194 g/mol. The molecule has 0 aliphatic heterocycles. The second kappa shape index (κ2) is 5.18. The highest BCUT2D eigenvalue weighted by atomic mass is 32.2. The van der Waals surface area contributed by atoms with E-state index in [1.165, 1.54) is 0 Å². The Morgan fingerprint density at radius 3 is 2.38 bits per heavy atom. The van der Waals surface area contributed by atoms with Crippen LogP contribution in [0.4, 0.5) is 0 Å². The van der Waals surface area contributed by atoms with Crippen molar-refractivity contribution in [3.05, 3.63) is 0 Å². The lowest BCUT2D eigenvalue weighted by Gasteiger charge is -2.04. The van der Waals surface area contributed by atoms with Crippen LogP contribution in [0.25, 0.3) is 0 Å². The minimum Gasteiger partial charge on any atom is -0.480 e. The maximum absolute atomic E-state index is 10.7. The van der Waals surface area contributed by atoms with Crippen LogP contribution in [0.1, 0.15) is 19.3 Å². The average molecular weight is 209 g/mol. The molecule has 0 aromatic carbocycles. The van der Waals surface area contributed by atoms with Gasteiger partial charge in [0.1, 0.15) is 15.9 Å². The van der Waals surface area contributed by atoms with Gasteiger partial charge in [-0.2, -0.15) is 0 Å². The minimum atomic E-state index is -2.93. The zero-order valence-electron chi connectivity index (χ0n) is 7.56. The van der Waals surface area contributed by atoms with Gasteiger partial charge in [0.05, 0.1) is 0 Å². The Bertz CT molecular complexity index is 260. The highest BCUT2D eigenvalue weighted by molar-refractivity contribution is 7.90. The molecule has 0 saturated heterocycles. The molecule has 0 radical (unpaired) electrons. The molecule has 78 valence electrons. The van der Waals surface area contributed by atoms with Crippen molar-refractivity contribution in [1.82, 2.24) is 0 Å². The molecular formula is C7H15NO4S. The van der Waals surface area contributed by atoms with Gasteiger partial charge in [0.25, 0.3) is 0 Å². The van der Waals surface area contributed by atoms with Gasteiger partial charge in [-0.1, -0.05) is 6.42 Å².